The summed E-state index contributed by atoms with van der Waals surface area (Å²) in [4.78, 5) is 12.0. The van der Waals surface area contributed by atoms with Gasteiger partial charge in [-0.1, -0.05) is 29.8 Å². The number of hydrogen-bond donors (Lipinski definition) is 2. The van der Waals surface area contributed by atoms with Crippen molar-refractivity contribution in [3.8, 4) is 0 Å². The molecule has 0 saturated carbocycles. The summed E-state index contributed by atoms with van der Waals surface area (Å²) in [6.45, 7) is 9.76. The van der Waals surface area contributed by atoms with Crippen LogP contribution in [0.4, 0.5) is 0 Å². The second-order valence-electron chi connectivity index (χ2n) is 5.87. The highest BCUT2D eigenvalue weighted by Gasteiger charge is 2.21. The SMILES string of the molecule is CC(NC(C)c1ccccc1Cl)C(=O)NC(C)(C)C. The molecule has 0 bridgehead atoms. The zero-order chi connectivity index (χ0) is 14.6. The molecule has 19 heavy (non-hydrogen) atoms. The van der Waals surface area contributed by atoms with Crippen molar-refractivity contribution in [3.63, 3.8) is 0 Å². The van der Waals surface area contributed by atoms with Crippen LogP contribution in [-0.2, 0) is 4.79 Å². The molecular formula is C15H23ClN2O. The molecule has 0 spiro atoms. The Morgan fingerprint density at radius 2 is 1.79 bits per heavy atom. The average Bonchev–Trinajstić information content (AvgIpc) is 2.27. The Hall–Kier alpha value is -1.06. The van der Waals surface area contributed by atoms with Crippen LogP contribution in [0.25, 0.3) is 0 Å². The van der Waals surface area contributed by atoms with Crippen LogP contribution in [0.5, 0.6) is 0 Å². The standard InChI is InChI=1S/C15H23ClN2O/c1-10(12-8-6-7-9-13(12)16)17-11(2)14(19)18-15(3,4)5/h6-11,17H,1-5H3,(H,18,19). The average molecular weight is 283 g/mol. The molecule has 106 valence electrons. The number of rotatable bonds is 4. The fraction of sp³-hybridized carbons (Fsp3) is 0.533. The predicted molar refractivity (Wildman–Crippen MR) is 80.4 cm³/mol. The number of nitrogens with one attached hydrogen (secondary N) is 2. The monoisotopic (exact) mass is 282 g/mol. The molecule has 0 aromatic heterocycles. The lowest BCUT2D eigenvalue weighted by atomic mass is 10.1. The maximum absolute atomic E-state index is 12.0. The third-order valence-corrected chi connectivity index (χ3v) is 3.11. The first kappa shape index (κ1) is 16.0. The van der Waals surface area contributed by atoms with Crippen LogP contribution in [0.1, 0.15) is 46.2 Å². The Kier molecular flexibility index (Phi) is 5.39. The molecule has 1 amide bonds. The zero-order valence-corrected chi connectivity index (χ0v) is 13.0. The fourth-order valence-electron chi connectivity index (χ4n) is 1.84. The highest BCUT2D eigenvalue weighted by molar-refractivity contribution is 6.31. The Labute approximate surface area is 120 Å². The molecule has 2 atom stereocenters. The van der Waals surface area contributed by atoms with Crippen molar-refractivity contribution in [2.24, 2.45) is 0 Å². The second kappa shape index (κ2) is 6.40. The number of benzene rings is 1. The molecule has 0 aliphatic rings. The molecule has 0 aliphatic carbocycles. The Morgan fingerprint density at radius 3 is 2.32 bits per heavy atom. The van der Waals surface area contributed by atoms with E-state index in [9.17, 15) is 4.79 Å². The van der Waals surface area contributed by atoms with Crippen molar-refractivity contribution in [1.82, 2.24) is 10.6 Å². The van der Waals surface area contributed by atoms with Crippen LogP contribution >= 0.6 is 11.6 Å². The number of halogens is 1. The lowest BCUT2D eigenvalue weighted by Gasteiger charge is -2.26. The summed E-state index contributed by atoms with van der Waals surface area (Å²) in [6.07, 6.45) is 0. The molecule has 1 rings (SSSR count). The van der Waals surface area contributed by atoms with Gasteiger partial charge in [0, 0.05) is 16.6 Å². The van der Waals surface area contributed by atoms with Gasteiger partial charge in [-0.2, -0.15) is 0 Å². The van der Waals surface area contributed by atoms with Crippen LogP contribution in [-0.4, -0.2) is 17.5 Å². The third kappa shape index (κ3) is 5.21. The normalized spacial score (nSPS) is 14.8. The van der Waals surface area contributed by atoms with Crippen LogP contribution in [0.3, 0.4) is 0 Å². The van der Waals surface area contributed by atoms with Crippen molar-refractivity contribution < 1.29 is 4.79 Å². The van der Waals surface area contributed by atoms with Crippen molar-refractivity contribution in [2.45, 2.75) is 52.2 Å². The van der Waals surface area contributed by atoms with E-state index in [-0.39, 0.29) is 23.5 Å². The predicted octanol–water partition coefficient (Wildman–Crippen LogP) is 3.29. The molecule has 0 heterocycles. The van der Waals surface area contributed by atoms with E-state index >= 15 is 0 Å². The molecule has 0 fully saturated rings. The molecule has 2 N–H and O–H groups in total. The van der Waals surface area contributed by atoms with E-state index in [0.29, 0.717) is 5.02 Å². The minimum atomic E-state index is -0.273. The van der Waals surface area contributed by atoms with Crippen molar-refractivity contribution in [2.75, 3.05) is 0 Å². The van der Waals surface area contributed by atoms with E-state index in [4.69, 9.17) is 11.6 Å². The summed E-state index contributed by atoms with van der Waals surface area (Å²) < 4.78 is 0. The lowest BCUT2D eigenvalue weighted by Crippen LogP contribution is -2.50. The van der Waals surface area contributed by atoms with Crippen LogP contribution in [0.15, 0.2) is 24.3 Å². The smallest absolute Gasteiger partial charge is 0.237 e. The first-order chi connectivity index (χ1) is 8.70. The van der Waals surface area contributed by atoms with Gasteiger partial charge in [0.1, 0.15) is 0 Å². The highest BCUT2D eigenvalue weighted by Crippen LogP contribution is 2.22. The molecule has 2 unspecified atom stereocenters. The summed E-state index contributed by atoms with van der Waals surface area (Å²) in [7, 11) is 0. The molecule has 0 radical (unpaired) electrons. The summed E-state index contributed by atoms with van der Waals surface area (Å²) in [6, 6.07) is 7.41. The van der Waals surface area contributed by atoms with Gasteiger partial charge in [-0.15, -0.1) is 0 Å². The largest absolute Gasteiger partial charge is 0.350 e. The quantitative estimate of drug-likeness (QED) is 0.890. The number of carbonyl (C=O) groups excluding carboxylic acids is 1. The summed E-state index contributed by atoms with van der Waals surface area (Å²) in [5.74, 6) is -0.00796. The molecular weight excluding hydrogens is 260 g/mol. The maximum atomic E-state index is 12.0. The van der Waals surface area contributed by atoms with E-state index in [1.165, 1.54) is 0 Å². The molecule has 1 aromatic rings. The van der Waals surface area contributed by atoms with Gasteiger partial charge in [-0.05, 0) is 46.2 Å². The van der Waals surface area contributed by atoms with Gasteiger partial charge in [0.25, 0.3) is 0 Å². The number of hydrogen-bond acceptors (Lipinski definition) is 2. The van der Waals surface area contributed by atoms with Crippen molar-refractivity contribution in [1.29, 1.82) is 0 Å². The molecule has 0 saturated heterocycles. The third-order valence-electron chi connectivity index (χ3n) is 2.76. The van der Waals surface area contributed by atoms with E-state index in [2.05, 4.69) is 10.6 Å². The second-order valence-corrected chi connectivity index (χ2v) is 6.28. The fourth-order valence-corrected chi connectivity index (χ4v) is 2.14. The van der Waals surface area contributed by atoms with E-state index in [1.54, 1.807) is 0 Å². The van der Waals surface area contributed by atoms with Crippen molar-refractivity contribution in [3.05, 3.63) is 34.9 Å². The molecule has 1 aromatic carbocycles. The molecule has 3 nitrogen and oxygen atoms in total. The minimum Gasteiger partial charge on any atom is -0.350 e. The van der Waals surface area contributed by atoms with Gasteiger partial charge in [0.2, 0.25) is 5.91 Å². The van der Waals surface area contributed by atoms with E-state index < -0.39 is 0 Å². The van der Waals surface area contributed by atoms with Gasteiger partial charge in [0.05, 0.1) is 6.04 Å². The van der Waals surface area contributed by atoms with Crippen LogP contribution < -0.4 is 10.6 Å². The van der Waals surface area contributed by atoms with Gasteiger partial charge in [-0.25, -0.2) is 0 Å². The maximum Gasteiger partial charge on any atom is 0.237 e. The summed E-state index contributed by atoms with van der Waals surface area (Å²) >= 11 is 6.15. The Morgan fingerprint density at radius 1 is 1.21 bits per heavy atom. The number of carbonyl (C=O) groups is 1. The van der Waals surface area contributed by atoms with Crippen LogP contribution in [0, 0.1) is 0 Å². The summed E-state index contributed by atoms with van der Waals surface area (Å²) in [5.41, 5.74) is 0.778. The van der Waals surface area contributed by atoms with Crippen molar-refractivity contribution >= 4 is 17.5 Å². The number of amides is 1. The summed E-state index contributed by atoms with van der Waals surface area (Å²) in [5, 5.41) is 6.93. The zero-order valence-electron chi connectivity index (χ0n) is 12.3. The van der Waals surface area contributed by atoms with Gasteiger partial charge in [-0.3, -0.25) is 10.1 Å². The lowest BCUT2D eigenvalue weighted by molar-refractivity contribution is -0.124. The van der Waals surface area contributed by atoms with E-state index in [1.807, 2.05) is 58.9 Å². The first-order valence-corrected chi connectivity index (χ1v) is 6.91. The first-order valence-electron chi connectivity index (χ1n) is 6.53. The van der Waals surface area contributed by atoms with E-state index in [0.717, 1.165) is 5.56 Å². The highest BCUT2D eigenvalue weighted by atomic mass is 35.5. The Balaban J connectivity index is 2.64. The molecule has 0 aliphatic heterocycles. The van der Waals surface area contributed by atoms with Gasteiger partial charge in [0.15, 0.2) is 0 Å². The molecule has 4 heteroatoms. The Bertz CT molecular complexity index is 440. The topological polar surface area (TPSA) is 41.1 Å². The van der Waals surface area contributed by atoms with Gasteiger partial charge >= 0.3 is 0 Å². The van der Waals surface area contributed by atoms with Gasteiger partial charge < -0.3 is 5.32 Å². The van der Waals surface area contributed by atoms with Crippen LogP contribution in [0.2, 0.25) is 5.02 Å². The minimum absolute atomic E-state index is 0.00796.